The fourth-order valence-corrected chi connectivity index (χ4v) is 2.26. The van der Waals surface area contributed by atoms with Crippen molar-refractivity contribution in [3.8, 4) is 0 Å². The Bertz CT molecular complexity index is 586. The molecule has 0 aliphatic heterocycles. The molecule has 0 amide bonds. The van der Waals surface area contributed by atoms with E-state index in [1.165, 1.54) is 5.56 Å². The summed E-state index contributed by atoms with van der Waals surface area (Å²) in [6.07, 6.45) is 0. The summed E-state index contributed by atoms with van der Waals surface area (Å²) < 4.78 is 5.33. The molecule has 0 radical (unpaired) electrons. The predicted molar refractivity (Wildman–Crippen MR) is 89.0 cm³/mol. The predicted octanol–water partition coefficient (Wildman–Crippen LogP) is 2.33. The largest absolute Gasteiger partial charge is 0.383 e. The van der Waals surface area contributed by atoms with E-state index in [0.717, 1.165) is 17.3 Å². The fourth-order valence-electron chi connectivity index (χ4n) is 2.26. The number of nitrogens with zero attached hydrogens (tertiary/aromatic N) is 3. The van der Waals surface area contributed by atoms with E-state index in [9.17, 15) is 0 Å². The Hall–Kier alpha value is -1.98. The number of methoxy groups -OCH3 is 1. The Balaban J connectivity index is 2.09. The fraction of sp³-hybridized carbons (Fsp3) is 0.412. The molecule has 0 bridgehead atoms. The third-order valence-electron chi connectivity index (χ3n) is 3.36. The molecule has 1 N–H and O–H groups in total. The van der Waals surface area contributed by atoms with Crippen molar-refractivity contribution < 1.29 is 4.74 Å². The summed E-state index contributed by atoms with van der Waals surface area (Å²) in [5.41, 5.74) is 3.16. The lowest BCUT2D eigenvalue weighted by atomic mass is 10.1. The second-order valence-corrected chi connectivity index (χ2v) is 5.49. The third kappa shape index (κ3) is 4.51. The van der Waals surface area contributed by atoms with Gasteiger partial charge in [0.15, 0.2) is 0 Å². The summed E-state index contributed by atoms with van der Waals surface area (Å²) in [4.78, 5) is 10.9. The van der Waals surface area contributed by atoms with Gasteiger partial charge in [0, 0.05) is 33.4 Å². The van der Waals surface area contributed by atoms with Crippen molar-refractivity contribution in [1.82, 2.24) is 15.3 Å². The molecule has 2 aromatic rings. The summed E-state index contributed by atoms with van der Waals surface area (Å²) in [6, 6.07) is 12.5. The van der Waals surface area contributed by atoms with Crippen LogP contribution < -0.4 is 10.2 Å². The standard InChI is InChI=1S/C17H24N4O/c1-13-10-15(20-17(19-13)21(2)3)11-18-16(12-22-4)14-8-6-5-7-9-14/h5-10,16,18H,11-12H2,1-4H3/t16-/m0/s1. The zero-order valence-electron chi connectivity index (χ0n) is 13.7. The number of aryl methyl sites for hydroxylation is 1. The van der Waals surface area contributed by atoms with Crippen LogP contribution in [0, 0.1) is 6.92 Å². The summed E-state index contributed by atoms with van der Waals surface area (Å²) in [7, 11) is 5.62. The molecule has 0 saturated carbocycles. The summed E-state index contributed by atoms with van der Waals surface area (Å²) >= 11 is 0. The van der Waals surface area contributed by atoms with E-state index in [-0.39, 0.29) is 6.04 Å². The molecule has 1 heterocycles. The second kappa shape index (κ2) is 7.87. The molecule has 0 aliphatic rings. The van der Waals surface area contributed by atoms with Crippen molar-refractivity contribution in [3.05, 3.63) is 53.3 Å². The van der Waals surface area contributed by atoms with E-state index in [1.807, 2.05) is 50.2 Å². The zero-order chi connectivity index (χ0) is 15.9. The van der Waals surface area contributed by atoms with Gasteiger partial charge in [-0.15, -0.1) is 0 Å². The molecule has 0 saturated heterocycles. The molecular weight excluding hydrogens is 276 g/mol. The normalized spacial score (nSPS) is 12.2. The van der Waals surface area contributed by atoms with Gasteiger partial charge in [0.2, 0.25) is 5.95 Å². The highest BCUT2D eigenvalue weighted by Crippen LogP contribution is 2.14. The number of anilines is 1. The molecule has 22 heavy (non-hydrogen) atoms. The summed E-state index contributed by atoms with van der Waals surface area (Å²) in [5.74, 6) is 0.736. The quantitative estimate of drug-likeness (QED) is 0.850. The maximum Gasteiger partial charge on any atom is 0.225 e. The van der Waals surface area contributed by atoms with Gasteiger partial charge in [-0.1, -0.05) is 30.3 Å². The molecule has 118 valence electrons. The van der Waals surface area contributed by atoms with E-state index in [2.05, 4.69) is 27.4 Å². The van der Waals surface area contributed by atoms with Crippen LogP contribution in [-0.4, -0.2) is 37.8 Å². The van der Waals surface area contributed by atoms with Crippen molar-refractivity contribution >= 4 is 5.95 Å². The Morgan fingerprint density at radius 1 is 1.18 bits per heavy atom. The van der Waals surface area contributed by atoms with Gasteiger partial charge in [0.1, 0.15) is 0 Å². The molecule has 5 heteroatoms. The van der Waals surface area contributed by atoms with E-state index in [0.29, 0.717) is 13.2 Å². The van der Waals surface area contributed by atoms with Gasteiger partial charge in [-0.2, -0.15) is 0 Å². The third-order valence-corrected chi connectivity index (χ3v) is 3.36. The first-order chi connectivity index (χ1) is 10.6. The minimum absolute atomic E-state index is 0.143. The van der Waals surface area contributed by atoms with Gasteiger partial charge < -0.3 is 15.0 Å². The molecular formula is C17H24N4O. The molecule has 0 unspecified atom stereocenters. The van der Waals surface area contributed by atoms with Crippen LogP contribution in [-0.2, 0) is 11.3 Å². The smallest absolute Gasteiger partial charge is 0.225 e. The molecule has 0 fully saturated rings. The Morgan fingerprint density at radius 3 is 2.55 bits per heavy atom. The lowest BCUT2D eigenvalue weighted by molar-refractivity contribution is 0.166. The van der Waals surface area contributed by atoms with Crippen molar-refractivity contribution in [2.75, 3.05) is 32.7 Å². The van der Waals surface area contributed by atoms with E-state index >= 15 is 0 Å². The van der Waals surface area contributed by atoms with Gasteiger partial charge in [-0.3, -0.25) is 0 Å². The minimum Gasteiger partial charge on any atom is -0.383 e. The van der Waals surface area contributed by atoms with Crippen LogP contribution in [0.5, 0.6) is 0 Å². The molecule has 1 aromatic carbocycles. The van der Waals surface area contributed by atoms with Crippen molar-refractivity contribution in [2.24, 2.45) is 0 Å². The number of aromatic nitrogens is 2. The first-order valence-corrected chi connectivity index (χ1v) is 7.39. The minimum atomic E-state index is 0.143. The lowest BCUT2D eigenvalue weighted by Crippen LogP contribution is -2.26. The van der Waals surface area contributed by atoms with Gasteiger partial charge in [-0.25, -0.2) is 9.97 Å². The molecule has 2 rings (SSSR count). The van der Waals surface area contributed by atoms with E-state index < -0.39 is 0 Å². The highest BCUT2D eigenvalue weighted by atomic mass is 16.5. The number of rotatable bonds is 7. The highest BCUT2D eigenvalue weighted by molar-refractivity contribution is 5.30. The van der Waals surface area contributed by atoms with Crippen LogP contribution in [0.4, 0.5) is 5.95 Å². The van der Waals surface area contributed by atoms with Crippen molar-refractivity contribution in [1.29, 1.82) is 0 Å². The number of nitrogens with one attached hydrogen (secondary N) is 1. The van der Waals surface area contributed by atoms with Crippen LogP contribution in [0.15, 0.2) is 36.4 Å². The Labute approximate surface area is 132 Å². The molecule has 1 atom stereocenters. The average molecular weight is 300 g/mol. The maximum atomic E-state index is 5.33. The number of ether oxygens (including phenoxy) is 1. The average Bonchev–Trinajstić information content (AvgIpc) is 2.51. The SMILES string of the molecule is COC[C@H](NCc1cc(C)nc(N(C)C)n1)c1ccccc1. The van der Waals surface area contributed by atoms with Crippen molar-refractivity contribution in [3.63, 3.8) is 0 Å². The lowest BCUT2D eigenvalue weighted by Gasteiger charge is -2.19. The number of benzene rings is 1. The van der Waals surface area contributed by atoms with Crippen molar-refractivity contribution in [2.45, 2.75) is 19.5 Å². The van der Waals surface area contributed by atoms with Crippen LogP contribution in [0.2, 0.25) is 0 Å². The van der Waals surface area contributed by atoms with Crippen LogP contribution >= 0.6 is 0 Å². The van der Waals surface area contributed by atoms with E-state index in [1.54, 1.807) is 7.11 Å². The Morgan fingerprint density at radius 2 is 1.91 bits per heavy atom. The molecule has 5 nitrogen and oxygen atoms in total. The van der Waals surface area contributed by atoms with Crippen LogP contribution in [0.3, 0.4) is 0 Å². The maximum absolute atomic E-state index is 5.33. The summed E-state index contributed by atoms with van der Waals surface area (Å²) in [6.45, 7) is 3.28. The first kappa shape index (κ1) is 16.4. The highest BCUT2D eigenvalue weighted by Gasteiger charge is 2.11. The Kier molecular flexibility index (Phi) is 5.86. The number of hydrogen-bond acceptors (Lipinski definition) is 5. The summed E-state index contributed by atoms with van der Waals surface area (Å²) in [5, 5.41) is 3.51. The van der Waals surface area contributed by atoms with Crippen LogP contribution in [0.1, 0.15) is 23.0 Å². The molecule has 1 aromatic heterocycles. The van der Waals surface area contributed by atoms with Gasteiger partial charge in [-0.05, 0) is 18.6 Å². The molecule has 0 spiro atoms. The topological polar surface area (TPSA) is 50.3 Å². The van der Waals surface area contributed by atoms with Gasteiger partial charge in [0.25, 0.3) is 0 Å². The second-order valence-electron chi connectivity index (χ2n) is 5.49. The first-order valence-electron chi connectivity index (χ1n) is 7.39. The monoisotopic (exact) mass is 300 g/mol. The van der Waals surface area contributed by atoms with Gasteiger partial charge >= 0.3 is 0 Å². The zero-order valence-corrected chi connectivity index (χ0v) is 13.7. The van der Waals surface area contributed by atoms with E-state index in [4.69, 9.17) is 4.74 Å². The van der Waals surface area contributed by atoms with Gasteiger partial charge in [0.05, 0.1) is 18.3 Å². The number of hydrogen-bond donors (Lipinski definition) is 1. The van der Waals surface area contributed by atoms with Crippen LogP contribution in [0.25, 0.3) is 0 Å². The molecule has 0 aliphatic carbocycles.